The van der Waals surface area contributed by atoms with Crippen molar-refractivity contribution in [2.45, 2.75) is 69.0 Å². The summed E-state index contributed by atoms with van der Waals surface area (Å²) in [5.74, 6) is -0.804. The highest BCUT2D eigenvalue weighted by atomic mass is 16.9. The van der Waals surface area contributed by atoms with Gasteiger partial charge in [-0.15, -0.1) is 0 Å². The zero-order chi connectivity index (χ0) is 22.2. The van der Waals surface area contributed by atoms with Crippen LogP contribution in [0.2, 0.25) is 0 Å². The summed E-state index contributed by atoms with van der Waals surface area (Å²) in [6.45, 7) is 4.63. The summed E-state index contributed by atoms with van der Waals surface area (Å²) in [6, 6.07) is 19.9. The van der Waals surface area contributed by atoms with Crippen molar-refractivity contribution in [3.05, 3.63) is 83.9 Å². The van der Waals surface area contributed by atoms with E-state index in [0.29, 0.717) is 19.6 Å². The molecule has 0 unspecified atom stereocenters. The van der Waals surface area contributed by atoms with Crippen LogP contribution in [0.25, 0.3) is 0 Å². The molecule has 3 aliphatic rings. The molecule has 2 saturated heterocycles. The number of hydrogen-bond acceptors (Lipinski definition) is 6. The lowest BCUT2D eigenvalue weighted by atomic mass is 9.71. The minimum absolute atomic E-state index is 0.141. The van der Waals surface area contributed by atoms with Crippen LogP contribution in [0.15, 0.2) is 72.8 Å². The van der Waals surface area contributed by atoms with E-state index in [1.54, 1.807) is 6.08 Å². The van der Waals surface area contributed by atoms with Crippen LogP contribution in [0.3, 0.4) is 0 Å². The van der Waals surface area contributed by atoms with Crippen LogP contribution < -0.4 is 0 Å². The van der Waals surface area contributed by atoms with Gasteiger partial charge in [0.05, 0.1) is 19.8 Å². The average Bonchev–Trinajstić information content (AvgIpc) is 3.23. The number of hydrogen-bond donors (Lipinski definition) is 1. The highest BCUT2D eigenvalue weighted by Crippen LogP contribution is 2.55. The van der Waals surface area contributed by atoms with Gasteiger partial charge < -0.3 is 28.8 Å². The van der Waals surface area contributed by atoms with Crippen LogP contribution in [-0.2, 0) is 36.9 Å². The molecule has 6 heteroatoms. The molecule has 6 nitrogen and oxygen atoms in total. The standard InChI is InChI=1S/C26H30O6/c1-24(2)30-22-23(31-24)32-26(18-28-16-19-10-5-3-6-11-19)21(27)14-9-15-25(22,26)29-17-20-12-7-4-8-13-20/h3-14,21-23,27H,15-18H2,1-2H3/t21-,22+,23+,25+,26+/m1/s1. The van der Waals surface area contributed by atoms with Gasteiger partial charge in [-0.25, -0.2) is 0 Å². The van der Waals surface area contributed by atoms with E-state index in [1.165, 1.54) is 0 Å². The molecule has 0 spiro atoms. The molecule has 0 amide bonds. The first-order chi connectivity index (χ1) is 15.4. The smallest absolute Gasteiger partial charge is 0.191 e. The Labute approximate surface area is 188 Å². The highest BCUT2D eigenvalue weighted by molar-refractivity contribution is 5.27. The summed E-state index contributed by atoms with van der Waals surface area (Å²) in [5, 5.41) is 11.2. The van der Waals surface area contributed by atoms with Crippen molar-refractivity contribution in [1.29, 1.82) is 0 Å². The maximum Gasteiger partial charge on any atom is 0.191 e. The maximum absolute atomic E-state index is 11.2. The summed E-state index contributed by atoms with van der Waals surface area (Å²) in [5.41, 5.74) is -0.0393. The van der Waals surface area contributed by atoms with Crippen LogP contribution in [0, 0.1) is 0 Å². The number of benzene rings is 2. The minimum Gasteiger partial charge on any atom is -0.386 e. The molecule has 2 fully saturated rings. The van der Waals surface area contributed by atoms with Gasteiger partial charge >= 0.3 is 0 Å². The number of rotatable bonds is 7. The second-order valence-electron chi connectivity index (χ2n) is 9.15. The Morgan fingerprint density at radius 2 is 1.56 bits per heavy atom. The normalized spacial score (nSPS) is 34.9. The molecule has 5 rings (SSSR count). The molecule has 2 aliphatic heterocycles. The SMILES string of the molecule is CC1(C)O[C@H]2O[C@@]3(COCc4ccccc4)[C@H](O)C=CC[C@]3(OCc3ccccc3)[C@H]2O1. The molecule has 2 aromatic rings. The van der Waals surface area contributed by atoms with Gasteiger partial charge in [0, 0.05) is 6.42 Å². The third kappa shape index (κ3) is 3.71. The third-order valence-electron chi connectivity index (χ3n) is 6.54. The van der Waals surface area contributed by atoms with Crippen molar-refractivity contribution in [2.24, 2.45) is 0 Å². The van der Waals surface area contributed by atoms with Gasteiger partial charge in [-0.05, 0) is 25.0 Å². The Bertz CT molecular complexity index is 945. The van der Waals surface area contributed by atoms with E-state index < -0.39 is 35.5 Å². The van der Waals surface area contributed by atoms with Crippen LogP contribution in [0.1, 0.15) is 31.4 Å². The van der Waals surface area contributed by atoms with Crippen molar-refractivity contribution < 1.29 is 28.8 Å². The molecule has 2 heterocycles. The molecule has 170 valence electrons. The zero-order valence-corrected chi connectivity index (χ0v) is 18.5. The molecule has 0 radical (unpaired) electrons. The lowest BCUT2D eigenvalue weighted by Crippen LogP contribution is -2.67. The second kappa shape index (κ2) is 8.37. The van der Waals surface area contributed by atoms with Gasteiger partial charge in [0.25, 0.3) is 0 Å². The van der Waals surface area contributed by atoms with Crippen LogP contribution in [-0.4, -0.2) is 47.2 Å². The summed E-state index contributed by atoms with van der Waals surface area (Å²) in [6.07, 6.45) is 2.13. The predicted octanol–water partition coefficient (Wildman–Crippen LogP) is 3.73. The lowest BCUT2D eigenvalue weighted by Gasteiger charge is -2.49. The monoisotopic (exact) mass is 438 g/mol. The second-order valence-corrected chi connectivity index (χ2v) is 9.15. The summed E-state index contributed by atoms with van der Waals surface area (Å²) < 4.78 is 31.6. The fourth-order valence-corrected chi connectivity index (χ4v) is 5.00. The van der Waals surface area contributed by atoms with E-state index in [9.17, 15) is 5.11 Å². The molecule has 5 atom stereocenters. The van der Waals surface area contributed by atoms with E-state index in [0.717, 1.165) is 11.1 Å². The fraction of sp³-hybridized carbons (Fsp3) is 0.462. The first-order valence-electron chi connectivity index (χ1n) is 11.1. The molecular formula is C26H30O6. The molecule has 1 N–H and O–H groups in total. The quantitative estimate of drug-likeness (QED) is 0.665. The first kappa shape index (κ1) is 21.8. The van der Waals surface area contributed by atoms with Gasteiger partial charge in [-0.2, -0.15) is 0 Å². The summed E-state index contributed by atoms with van der Waals surface area (Å²) in [4.78, 5) is 0. The first-order valence-corrected chi connectivity index (χ1v) is 11.1. The van der Waals surface area contributed by atoms with Crippen LogP contribution in [0.4, 0.5) is 0 Å². The summed E-state index contributed by atoms with van der Waals surface area (Å²) >= 11 is 0. The molecule has 0 aromatic heterocycles. The lowest BCUT2D eigenvalue weighted by molar-refractivity contribution is -0.298. The highest BCUT2D eigenvalue weighted by Gasteiger charge is 2.74. The Hall–Kier alpha value is -2.06. The minimum atomic E-state index is -1.16. The maximum atomic E-state index is 11.2. The van der Waals surface area contributed by atoms with Gasteiger partial charge in [-0.3, -0.25) is 0 Å². The van der Waals surface area contributed by atoms with E-state index in [-0.39, 0.29) is 6.61 Å². The van der Waals surface area contributed by atoms with E-state index in [4.69, 9.17) is 23.7 Å². The predicted molar refractivity (Wildman–Crippen MR) is 117 cm³/mol. The molecule has 2 aromatic carbocycles. The van der Waals surface area contributed by atoms with E-state index >= 15 is 0 Å². The largest absolute Gasteiger partial charge is 0.386 e. The zero-order valence-electron chi connectivity index (χ0n) is 18.5. The Morgan fingerprint density at radius 3 is 2.25 bits per heavy atom. The Balaban J connectivity index is 1.45. The number of ether oxygens (including phenoxy) is 5. The molecule has 0 bridgehead atoms. The molecule has 0 saturated carbocycles. The number of aliphatic hydroxyl groups is 1. The van der Waals surface area contributed by atoms with Crippen LogP contribution >= 0.6 is 0 Å². The van der Waals surface area contributed by atoms with Gasteiger partial charge in [0.15, 0.2) is 17.7 Å². The number of fused-ring (bicyclic) bond motifs is 3. The number of aliphatic hydroxyl groups excluding tert-OH is 1. The molecule has 32 heavy (non-hydrogen) atoms. The van der Waals surface area contributed by atoms with Crippen molar-refractivity contribution in [3.8, 4) is 0 Å². The Morgan fingerprint density at radius 1 is 0.906 bits per heavy atom. The Kier molecular flexibility index (Phi) is 5.70. The van der Waals surface area contributed by atoms with Gasteiger partial charge in [0.1, 0.15) is 17.8 Å². The molecular weight excluding hydrogens is 408 g/mol. The molecule has 1 aliphatic carbocycles. The van der Waals surface area contributed by atoms with Gasteiger partial charge in [-0.1, -0.05) is 72.8 Å². The van der Waals surface area contributed by atoms with Gasteiger partial charge in [0.2, 0.25) is 0 Å². The topological polar surface area (TPSA) is 66.4 Å². The fourth-order valence-electron chi connectivity index (χ4n) is 5.00. The van der Waals surface area contributed by atoms with Crippen molar-refractivity contribution in [3.63, 3.8) is 0 Å². The van der Waals surface area contributed by atoms with Crippen LogP contribution in [0.5, 0.6) is 0 Å². The van der Waals surface area contributed by atoms with Crippen molar-refractivity contribution >= 4 is 0 Å². The summed E-state index contributed by atoms with van der Waals surface area (Å²) in [7, 11) is 0. The third-order valence-corrected chi connectivity index (χ3v) is 6.54. The van der Waals surface area contributed by atoms with Crippen molar-refractivity contribution in [2.75, 3.05) is 6.61 Å². The van der Waals surface area contributed by atoms with E-state index in [1.807, 2.05) is 80.6 Å². The van der Waals surface area contributed by atoms with E-state index in [2.05, 4.69) is 0 Å². The average molecular weight is 439 g/mol. The van der Waals surface area contributed by atoms with Crippen molar-refractivity contribution in [1.82, 2.24) is 0 Å².